The Morgan fingerprint density at radius 2 is 1.96 bits per heavy atom. The van der Waals surface area contributed by atoms with E-state index in [2.05, 4.69) is 25.5 Å². The molecule has 0 amide bonds. The van der Waals surface area contributed by atoms with Crippen LogP contribution in [0.25, 0.3) is 0 Å². The molecule has 1 aliphatic rings. The van der Waals surface area contributed by atoms with Gasteiger partial charge in [-0.3, -0.25) is 0 Å². The SMILES string of the molecule is CCN(CC)S(=O)(=O)c1ccc(N2CCC[C@@H](c3nn[nH]n3)C2)cc1. The zero-order valence-corrected chi connectivity index (χ0v) is 15.4. The van der Waals surface area contributed by atoms with Crippen LogP contribution in [0.2, 0.25) is 0 Å². The van der Waals surface area contributed by atoms with Gasteiger partial charge in [-0.1, -0.05) is 19.1 Å². The summed E-state index contributed by atoms with van der Waals surface area (Å²) in [7, 11) is -3.41. The molecule has 0 radical (unpaired) electrons. The predicted octanol–water partition coefficient (Wildman–Crippen LogP) is 1.61. The average molecular weight is 364 g/mol. The smallest absolute Gasteiger partial charge is 0.243 e. The lowest BCUT2D eigenvalue weighted by molar-refractivity contribution is 0.445. The second kappa shape index (κ2) is 7.49. The van der Waals surface area contributed by atoms with E-state index in [9.17, 15) is 8.42 Å². The summed E-state index contributed by atoms with van der Waals surface area (Å²) in [6.45, 7) is 6.39. The lowest BCUT2D eigenvalue weighted by Gasteiger charge is -2.33. The molecule has 3 rings (SSSR count). The highest BCUT2D eigenvalue weighted by Crippen LogP contribution is 2.28. The van der Waals surface area contributed by atoms with E-state index in [1.165, 1.54) is 4.31 Å². The number of anilines is 1. The number of aromatic amines is 1. The van der Waals surface area contributed by atoms with Gasteiger partial charge in [-0.05, 0) is 37.1 Å². The third kappa shape index (κ3) is 3.67. The molecule has 8 nitrogen and oxygen atoms in total. The molecule has 25 heavy (non-hydrogen) atoms. The Morgan fingerprint density at radius 1 is 1.24 bits per heavy atom. The number of nitrogens with zero attached hydrogens (tertiary/aromatic N) is 5. The van der Waals surface area contributed by atoms with Crippen molar-refractivity contribution in [1.29, 1.82) is 0 Å². The van der Waals surface area contributed by atoms with Crippen LogP contribution in [0.4, 0.5) is 5.69 Å². The van der Waals surface area contributed by atoms with Crippen LogP contribution in [0.5, 0.6) is 0 Å². The second-order valence-electron chi connectivity index (χ2n) is 6.14. The van der Waals surface area contributed by atoms with Gasteiger partial charge in [-0.2, -0.15) is 9.52 Å². The van der Waals surface area contributed by atoms with Gasteiger partial charge in [-0.15, -0.1) is 10.2 Å². The number of nitrogens with one attached hydrogen (secondary N) is 1. The Morgan fingerprint density at radius 3 is 2.56 bits per heavy atom. The molecule has 0 saturated carbocycles. The summed E-state index contributed by atoms with van der Waals surface area (Å²) >= 11 is 0. The van der Waals surface area contributed by atoms with Crippen molar-refractivity contribution in [2.75, 3.05) is 31.1 Å². The average Bonchev–Trinajstić information content (AvgIpc) is 3.17. The van der Waals surface area contributed by atoms with Gasteiger partial charge in [0.25, 0.3) is 0 Å². The van der Waals surface area contributed by atoms with E-state index in [0.717, 1.165) is 37.4 Å². The van der Waals surface area contributed by atoms with E-state index in [-0.39, 0.29) is 5.92 Å². The topological polar surface area (TPSA) is 95.1 Å². The molecule has 136 valence electrons. The van der Waals surface area contributed by atoms with Crippen molar-refractivity contribution >= 4 is 15.7 Å². The van der Waals surface area contributed by atoms with Gasteiger partial charge in [0.1, 0.15) is 0 Å². The number of hydrogen-bond donors (Lipinski definition) is 1. The Labute approximate surface area is 148 Å². The maximum atomic E-state index is 12.6. The van der Waals surface area contributed by atoms with Gasteiger partial charge in [-0.25, -0.2) is 8.42 Å². The molecular weight excluding hydrogens is 340 g/mol. The van der Waals surface area contributed by atoms with Gasteiger partial charge < -0.3 is 4.90 Å². The third-order valence-corrected chi connectivity index (χ3v) is 6.76. The van der Waals surface area contributed by atoms with E-state index in [1.807, 2.05) is 26.0 Å². The van der Waals surface area contributed by atoms with Gasteiger partial charge in [0.05, 0.1) is 4.90 Å². The van der Waals surface area contributed by atoms with Crippen LogP contribution in [0.3, 0.4) is 0 Å². The van der Waals surface area contributed by atoms with Gasteiger partial charge in [0, 0.05) is 37.8 Å². The summed E-state index contributed by atoms with van der Waals surface area (Å²) in [5.74, 6) is 0.983. The largest absolute Gasteiger partial charge is 0.371 e. The van der Waals surface area contributed by atoms with Crippen LogP contribution in [-0.4, -0.2) is 59.5 Å². The van der Waals surface area contributed by atoms with E-state index < -0.39 is 10.0 Å². The summed E-state index contributed by atoms with van der Waals surface area (Å²) in [6.07, 6.45) is 2.07. The van der Waals surface area contributed by atoms with Crippen LogP contribution in [0.15, 0.2) is 29.2 Å². The highest BCUT2D eigenvalue weighted by atomic mass is 32.2. The molecule has 0 bridgehead atoms. The molecule has 1 atom stereocenters. The van der Waals surface area contributed by atoms with Crippen LogP contribution >= 0.6 is 0 Å². The van der Waals surface area contributed by atoms with Crippen molar-refractivity contribution < 1.29 is 8.42 Å². The number of sulfonamides is 1. The lowest BCUT2D eigenvalue weighted by Crippen LogP contribution is -2.35. The second-order valence-corrected chi connectivity index (χ2v) is 8.08. The van der Waals surface area contributed by atoms with Crippen molar-refractivity contribution in [3.05, 3.63) is 30.1 Å². The molecule has 2 aromatic rings. The highest BCUT2D eigenvalue weighted by molar-refractivity contribution is 7.89. The van der Waals surface area contributed by atoms with Gasteiger partial charge in [0.15, 0.2) is 5.82 Å². The molecule has 0 spiro atoms. The van der Waals surface area contributed by atoms with Crippen molar-refractivity contribution in [3.8, 4) is 0 Å². The molecular formula is C16H24N6O2S. The molecule has 0 unspecified atom stereocenters. The zero-order valence-electron chi connectivity index (χ0n) is 14.6. The molecule has 9 heteroatoms. The van der Waals surface area contributed by atoms with Crippen molar-refractivity contribution in [2.45, 2.75) is 37.5 Å². The molecule has 1 aromatic carbocycles. The van der Waals surface area contributed by atoms with Crippen LogP contribution in [0, 0.1) is 0 Å². The minimum atomic E-state index is -3.41. The molecule has 1 fully saturated rings. The van der Waals surface area contributed by atoms with E-state index in [0.29, 0.717) is 18.0 Å². The monoisotopic (exact) mass is 364 g/mol. The lowest BCUT2D eigenvalue weighted by atomic mass is 9.97. The summed E-state index contributed by atoms with van der Waals surface area (Å²) in [4.78, 5) is 2.59. The number of aromatic nitrogens is 4. The molecule has 0 aliphatic carbocycles. The van der Waals surface area contributed by atoms with E-state index in [4.69, 9.17) is 0 Å². The summed E-state index contributed by atoms with van der Waals surface area (Å²) in [6, 6.07) is 7.16. The number of hydrogen-bond acceptors (Lipinski definition) is 6. The van der Waals surface area contributed by atoms with E-state index in [1.54, 1.807) is 12.1 Å². The van der Waals surface area contributed by atoms with Crippen LogP contribution in [-0.2, 0) is 10.0 Å². The number of rotatable bonds is 6. The third-order valence-electron chi connectivity index (χ3n) is 4.69. The highest BCUT2D eigenvalue weighted by Gasteiger charge is 2.25. The normalized spacial score (nSPS) is 18.7. The Hall–Kier alpha value is -2.00. The Kier molecular flexibility index (Phi) is 5.33. The fourth-order valence-corrected chi connectivity index (χ4v) is 4.76. The van der Waals surface area contributed by atoms with Gasteiger partial charge >= 0.3 is 0 Å². The minimum absolute atomic E-state index is 0.242. The maximum Gasteiger partial charge on any atom is 0.243 e. The first kappa shape index (κ1) is 17.8. The first-order valence-corrected chi connectivity index (χ1v) is 10.1. The Balaban J connectivity index is 1.76. The molecule has 1 N–H and O–H groups in total. The fourth-order valence-electron chi connectivity index (χ4n) is 3.31. The van der Waals surface area contributed by atoms with Crippen molar-refractivity contribution in [3.63, 3.8) is 0 Å². The number of H-pyrrole nitrogens is 1. The summed E-state index contributed by atoms with van der Waals surface area (Å²) in [5.41, 5.74) is 1.02. The first-order valence-electron chi connectivity index (χ1n) is 8.64. The zero-order chi connectivity index (χ0) is 17.9. The minimum Gasteiger partial charge on any atom is -0.371 e. The van der Waals surface area contributed by atoms with E-state index >= 15 is 0 Å². The number of piperidine rings is 1. The van der Waals surface area contributed by atoms with Crippen LogP contribution < -0.4 is 4.90 Å². The predicted molar refractivity (Wildman–Crippen MR) is 94.9 cm³/mol. The van der Waals surface area contributed by atoms with Crippen molar-refractivity contribution in [2.24, 2.45) is 0 Å². The molecule has 1 aliphatic heterocycles. The van der Waals surface area contributed by atoms with Gasteiger partial charge in [0.2, 0.25) is 10.0 Å². The quantitative estimate of drug-likeness (QED) is 0.837. The standard InChI is InChI=1S/C16H24N6O2S/c1-3-22(4-2)25(23,24)15-9-7-14(8-10-15)21-11-5-6-13(12-21)16-17-19-20-18-16/h7-10,13H,3-6,11-12H2,1-2H3,(H,17,18,19,20)/t13-/m1/s1. The molecule has 1 saturated heterocycles. The number of tetrazole rings is 1. The molecule has 1 aromatic heterocycles. The molecule has 2 heterocycles. The Bertz CT molecular complexity index is 771. The first-order chi connectivity index (χ1) is 12.1. The van der Waals surface area contributed by atoms with Crippen molar-refractivity contribution in [1.82, 2.24) is 24.9 Å². The maximum absolute atomic E-state index is 12.6. The summed E-state index contributed by atoms with van der Waals surface area (Å²) in [5, 5.41) is 14.3. The number of benzene rings is 1. The summed E-state index contributed by atoms with van der Waals surface area (Å²) < 4.78 is 26.6. The van der Waals surface area contributed by atoms with Crippen LogP contribution in [0.1, 0.15) is 38.4 Å². The fraction of sp³-hybridized carbons (Fsp3) is 0.562.